The van der Waals surface area contributed by atoms with Gasteiger partial charge in [0.2, 0.25) is 5.91 Å². The van der Waals surface area contributed by atoms with Gasteiger partial charge in [-0.3, -0.25) is 9.59 Å². The molecule has 1 fully saturated rings. The molecule has 2 aromatic rings. The van der Waals surface area contributed by atoms with Gasteiger partial charge in [-0.25, -0.2) is 0 Å². The average Bonchev–Trinajstić information content (AvgIpc) is 2.73. The Hall–Kier alpha value is -2.34. The number of rotatable bonds is 7. The highest BCUT2D eigenvalue weighted by atomic mass is 79.9. The third-order valence-corrected chi connectivity index (χ3v) is 5.62. The van der Waals surface area contributed by atoms with E-state index in [1.807, 2.05) is 18.2 Å². The summed E-state index contributed by atoms with van der Waals surface area (Å²) in [6.07, 6.45) is 5.34. The maximum absolute atomic E-state index is 12.9. The number of ether oxygens (including phenoxy) is 1. The van der Waals surface area contributed by atoms with Gasteiger partial charge >= 0.3 is 0 Å². The lowest BCUT2D eigenvalue weighted by atomic mass is 9.88. The summed E-state index contributed by atoms with van der Waals surface area (Å²) in [6.45, 7) is 4.65. The van der Waals surface area contributed by atoms with E-state index in [2.05, 4.69) is 40.4 Å². The Morgan fingerprint density at radius 3 is 2.43 bits per heavy atom. The molecule has 1 aliphatic carbocycles. The SMILES string of the molecule is CC(C)COc1ccc(Br)cc1C(=O)Nc1cccc(NC(=O)C2CCCCC2)c1. The van der Waals surface area contributed by atoms with Crippen molar-refractivity contribution in [3.8, 4) is 5.75 Å². The van der Waals surface area contributed by atoms with Gasteiger partial charge in [0.15, 0.2) is 0 Å². The number of carbonyl (C=O) groups excluding carboxylic acids is 2. The normalized spacial score (nSPS) is 14.4. The predicted molar refractivity (Wildman–Crippen MR) is 124 cm³/mol. The zero-order valence-electron chi connectivity index (χ0n) is 17.5. The van der Waals surface area contributed by atoms with Crippen molar-refractivity contribution in [2.45, 2.75) is 46.0 Å². The standard InChI is InChI=1S/C24H29BrN2O3/c1-16(2)15-30-22-12-11-18(25)13-21(22)24(29)27-20-10-6-9-19(14-20)26-23(28)17-7-4-3-5-8-17/h6,9-14,16-17H,3-5,7-8,15H2,1-2H3,(H,26,28)(H,27,29). The minimum atomic E-state index is -0.259. The van der Waals surface area contributed by atoms with E-state index in [0.717, 1.165) is 30.2 Å². The molecule has 0 spiro atoms. The van der Waals surface area contributed by atoms with Gasteiger partial charge in [0, 0.05) is 21.8 Å². The fraction of sp³-hybridized carbons (Fsp3) is 0.417. The zero-order valence-corrected chi connectivity index (χ0v) is 19.1. The van der Waals surface area contributed by atoms with Crippen LogP contribution in [0.4, 0.5) is 11.4 Å². The molecule has 0 radical (unpaired) electrons. The first-order chi connectivity index (χ1) is 14.4. The smallest absolute Gasteiger partial charge is 0.259 e. The highest BCUT2D eigenvalue weighted by Gasteiger charge is 2.21. The number of hydrogen-bond donors (Lipinski definition) is 2. The Kier molecular flexibility index (Phi) is 7.91. The Morgan fingerprint density at radius 2 is 1.73 bits per heavy atom. The minimum absolute atomic E-state index is 0.0644. The number of amides is 2. The first kappa shape index (κ1) is 22.3. The molecule has 0 unspecified atom stereocenters. The molecule has 2 N–H and O–H groups in total. The summed E-state index contributed by atoms with van der Waals surface area (Å²) < 4.78 is 6.62. The second-order valence-electron chi connectivity index (χ2n) is 8.20. The Balaban J connectivity index is 1.69. The first-order valence-electron chi connectivity index (χ1n) is 10.6. The molecule has 0 aliphatic heterocycles. The van der Waals surface area contributed by atoms with E-state index < -0.39 is 0 Å². The number of hydrogen-bond acceptors (Lipinski definition) is 3. The van der Waals surface area contributed by atoms with Crippen molar-refractivity contribution in [3.63, 3.8) is 0 Å². The molecule has 3 rings (SSSR count). The monoisotopic (exact) mass is 472 g/mol. The van der Waals surface area contributed by atoms with Crippen LogP contribution in [0.2, 0.25) is 0 Å². The van der Waals surface area contributed by atoms with Crippen molar-refractivity contribution in [2.24, 2.45) is 11.8 Å². The van der Waals surface area contributed by atoms with Gasteiger partial charge in [0.1, 0.15) is 5.75 Å². The van der Waals surface area contributed by atoms with Gasteiger partial charge in [0.05, 0.1) is 12.2 Å². The van der Waals surface area contributed by atoms with Crippen molar-refractivity contribution >= 4 is 39.1 Å². The first-order valence-corrected chi connectivity index (χ1v) is 11.4. The molecule has 6 heteroatoms. The van der Waals surface area contributed by atoms with E-state index in [1.165, 1.54) is 6.42 Å². The number of halogens is 1. The summed E-state index contributed by atoms with van der Waals surface area (Å²) in [5.74, 6) is 0.792. The lowest BCUT2D eigenvalue weighted by molar-refractivity contribution is -0.120. The van der Waals surface area contributed by atoms with Crippen molar-refractivity contribution in [3.05, 3.63) is 52.5 Å². The van der Waals surface area contributed by atoms with Crippen molar-refractivity contribution in [1.82, 2.24) is 0 Å². The minimum Gasteiger partial charge on any atom is -0.492 e. The summed E-state index contributed by atoms with van der Waals surface area (Å²) >= 11 is 3.42. The van der Waals surface area contributed by atoms with Gasteiger partial charge in [-0.15, -0.1) is 0 Å². The van der Waals surface area contributed by atoms with E-state index >= 15 is 0 Å². The maximum Gasteiger partial charge on any atom is 0.259 e. The number of benzene rings is 2. The molecule has 5 nitrogen and oxygen atoms in total. The van der Waals surface area contributed by atoms with Crippen molar-refractivity contribution < 1.29 is 14.3 Å². The summed E-state index contributed by atoms with van der Waals surface area (Å²) in [5.41, 5.74) is 1.77. The van der Waals surface area contributed by atoms with Crippen LogP contribution >= 0.6 is 15.9 Å². The molecule has 0 heterocycles. The molecule has 2 aromatic carbocycles. The fourth-order valence-electron chi connectivity index (χ4n) is 3.54. The second kappa shape index (κ2) is 10.6. The topological polar surface area (TPSA) is 67.4 Å². The third-order valence-electron chi connectivity index (χ3n) is 5.12. The van der Waals surface area contributed by atoms with Crippen LogP contribution in [0, 0.1) is 11.8 Å². The second-order valence-corrected chi connectivity index (χ2v) is 9.12. The van der Waals surface area contributed by atoms with E-state index in [0.29, 0.717) is 35.2 Å². The van der Waals surface area contributed by atoms with Gasteiger partial charge in [-0.1, -0.05) is 55.1 Å². The van der Waals surface area contributed by atoms with Crippen LogP contribution in [0.15, 0.2) is 46.9 Å². The molecule has 0 saturated heterocycles. The van der Waals surface area contributed by atoms with E-state index in [1.54, 1.807) is 24.3 Å². The highest BCUT2D eigenvalue weighted by Crippen LogP contribution is 2.27. The van der Waals surface area contributed by atoms with Crippen LogP contribution in [0.3, 0.4) is 0 Å². The maximum atomic E-state index is 12.9. The van der Waals surface area contributed by atoms with E-state index in [-0.39, 0.29) is 17.7 Å². The molecule has 160 valence electrons. The lowest BCUT2D eigenvalue weighted by Gasteiger charge is -2.21. The molecular formula is C24H29BrN2O3. The number of carbonyl (C=O) groups is 2. The summed E-state index contributed by atoms with van der Waals surface area (Å²) in [4.78, 5) is 25.4. The molecule has 0 atom stereocenters. The summed E-state index contributed by atoms with van der Waals surface area (Å²) in [6, 6.07) is 12.7. The van der Waals surface area contributed by atoms with Crippen LogP contribution in [0.1, 0.15) is 56.3 Å². The molecule has 30 heavy (non-hydrogen) atoms. The van der Waals surface area contributed by atoms with Crippen LogP contribution in [-0.2, 0) is 4.79 Å². The summed E-state index contributed by atoms with van der Waals surface area (Å²) in [5, 5.41) is 5.91. The van der Waals surface area contributed by atoms with Crippen molar-refractivity contribution in [1.29, 1.82) is 0 Å². The van der Waals surface area contributed by atoms with Crippen LogP contribution in [0.25, 0.3) is 0 Å². The van der Waals surface area contributed by atoms with Gasteiger partial charge in [0.25, 0.3) is 5.91 Å². The fourth-order valence-corrected chi connectivity index (χ4v) is 3.91. The van der Waals surface area contributed by atoms with E-state index in [4.69, 9.17) is 4.74 Å². The van der Waals surface area contributed by atoms with E-state index in [9.17, 15) is 9.59 Å². The molecule has 0 aromatic heterocycles. The average molecular weight is 473 g/mol. The summed E-state index contributed by atoms with van der Waals surface area (Å²) in [7, 11) is 0. The van der Waals surface area contributed by atoms with Gasteiger partial charge < -0.3 is 15.4 Å². The molecule has 2 amide bonds. The van der Waals surface area contributed by atoms with Gasteiger partial charge in [-0.05, 0) is 55.2 Å². The molecule has 1 saturated carbocycles. The quantitative estimate of drug-likeness (QED) is 0.499. The molecule has 1 aliphatic rings. The zero-order chi connectivity index (χ0) is 21.5. The molecule has 0 bridgehead atoms. The Labute approximate surface area is 186 Å². The predicted octanol–water partition coefficient (Wildman–Crippen LogP) is 6.26. The molecular weight excluding hydrogens is 444 g/mol. The lowest BCUT2D eigenvalue weighted by Crippen LogP contribution is -2.24. The van der Waals surface area contributed by atoms with Gasteiger partial charge in [-0.2, -0.15) is 0 Å². The van der Waals surface area contributed by atoms with Crippen molar-refractivity contribution in [2.75, 3.05) is 17.2 Å². The highest BCUT2D eigenvalue weighted by molar-refractivity contribution is 9.10. The van der Waals surface area contributed by atoms with Crippen LogP contribution in [0.5, 0.6) is 5.75 Å². The largest absolute Gasteiger partial charge is 0.492 e. The van der Waals surface area contributed by atoms with Crippen LogP contribution < -0.4 is 15.4 Å². The third kappa shape index (κ3) is 6.33. The Morgan fingerprint density at radius 1 is 1.03 bits per heavy atom. The number of nitrogens with one attached hydrogen (secondary N) is 2. The number of anilines is 2. The van der Waals surface area contributed by atoms with Crippen LogP contribution in [-0.4, -0.2) is 18.4 Å². The Bertz CT molecular complexity index is 892.